The summed E-state index contributed by atoms with van der Waals surface area (Å²) in [4.78, 5) is 38.0. The highest BCUT2D eigenvalue weighted by atomic mass is 16.1. The van der Waals surface area contributed by atoms with E-state index in [0.717, 1.165) is 42.6 Å². The molecule has 1 aliphatic heterocycles. The van der Waals surface area contributed by atoms with E-state index in [9.17, 15) is 14.4 Å². The van der Waals surface area contributed by atoms with E-state index >= 15 is 0 Å². The van der Waals surface area contributed by atoms with Gasteiger partial charge in [0, 0.05) is 18.1 Å². The number of hydrogen-bond donors (Lipinski definition) is 2. The minimum Gasteiger partial charge on any atom is -0.373 e. The highest BCUT2D eigenvalue weighted by Crippen LogP contribution is 2.17. The number of carbonyl (C=O) groups excluding carboxylic acids is 3. The molecule has 1 fully saturated rings. The quantitative estimate of drug-likeness (QED) is 0.552. The maximum Gasteiger partial charge on any atom is 0.269 e. The monoisotopic (exact) mass is 468 g/mol. The molecule has 3 N–H and O–H groups in total. The molecule has 9 nitrogen and oxygen atoms in total. The van der Waals surface area contributed by atoms with Gasteiger partial charge in [-0.2, -0.15) is 5.10 Å². The van der Waals surface area contributed by atoms with Gasteiger partial charge in [-0.3, -0.25) is 14.4 Å². The molecular formula is C25H36N6O3. The molecule has 34 heavy (non-hydrogen) atoms. The van der Waals surface area contributed by atoms with Crippen LogP contribution in [0.4, 0.5) is 5.82 Å². The molecule has 184 valence electrons. The van der Waals surface area contributed by atoms with Crippen LogP contribution in [0.15, 0.2) is 42.5 Å². The van der Waals surface area contributed by atoms with E-state index in [1.165, 1.54) is 11.1 Å². The molecule has 0 aliphatic carbocycles. The molecule has 3 aromatic rings. The van der Waals surface area contributed by atoms with Crippen molar-refractivity contribution in [3.8, 4) is 0 Å². The zero-order chi connectivity index (χ0) is 25.5. The molecule has 0 radical (unpaired) electrons. The molecule has 0 saturated carbocycles. The number of likely N-dealkylation sites (tertiary alicyclic amines) is 1. The number of nitrogens with zero attached hydrogens (tertiary/aromatic N) is 4. The Balaban J connectivity index is 0.000000262. The fourth-order valence-corrected chi connectivity index (χ4v) is 3.31. The first-order chi connectivity index (χ1) is 16.4. The van der Waals surface area contributed by atoms with Crippen molar-refractivity contribution in [3.63, 3.8) is 0 Å². The lowest BCUT2D eigenvalue weighted by atomic mass is 10.2. The second kappa shape index (κ2) is 15.3. The first kappa shape index (κ1) is 28.4. The van der Waals surface area contributed by atoms with Crippen molar-refractivity contribution in [2.24, 2.45) is 5.73 Å². The van der Waals surface area contributed by atoms with Gasteiger partial charge in [0.15, 0.2) is 5.69 Å². The standard InChI is InChI=1S/C10H9N3O2.C7H10N2.C6H11NO.C2H6/c11-10(15)9-7-3-1-2-4-8(7)13(12-9)5-6-14;1-6-4-3-5-7(8-2)9-6;1-7-4-2-3-6(7)5-8;1-2/h1-4,6H,5H2,(H2,11,15);3-5H,1-2H3,(H,8,9);5-6H,2-4H2,1H3;1-2H3. The number of anilines is 1. The topological polar surface area (TPSA) is 123 Å². The fraction of sp³-hybridized carbons (Fsp3) is 0.400. The zero-order valence-electron chi connectivity index (χ0n) is 20.7. The Kier molecular flexibility index (Phi) is 12.8. The maximum atomic E-state index is 11.1. The van der Waals surface area contributed by atoms with E-state index in [0.29, 0.717) is 5.39 Å². The van der Waals surface area contributed by atoms with Crippen LogP contribution in [0.3, 0.4) is 0 Å². The van der Waals surface area contributed by atoms with Crippen LogP contribution in [-0.4, -0.2) is 64.8 Å². The number of aryl methyl sites for hydroxylation is 1. The number of benzene rings is 1. The van der Waals surface area contributed by atoms with Gasteiger partial charge in [0.1, 0.15) is 18.4 Å². The number of nitrogens with two attached hydrogens (primary N) is 1. The van der Waals surface area contributed by atoms with E-state index in [2.05, 4.69) is 20.3 Å². The van der Waals surface area contributed by atoms with Crippen LogP contribution in [-0.2, 0) is 16.1 Å². The molecule has 1 aromatic carbocycles. The molecule has 0 spiro atoms. The van der Waals surface area contributed by atoms with Crippen LogP contribution < -0.4 is 11.1 Å². The minimum atomic E-state index is -0.587. The molecule has 1 aliphatic rings. The predicted molar refractivity (Wildman–Crippen MR) is 136 cm³/mol. The Labute approximate surface area is 201 Å². The van der Waals surface area contributed by atoms with Crippen LogP contribution in [0.5, 0.6) is 0 Å². The first-order valence-corrected chi connectivity index (χ1v) is 11.4. The highest BCUT2D eigenvalue weighted by Gasteiger charge is 2.18. The van der Waals surface area contributed by atoms with Gasteiger partial charge in [0.05, 0.1) is 18.1 Å². The number of hydrogen-bond acceptors (Lipinski definition) is 7. The van der Waals surface area contributed by atoms with Crippen molar-refractivity contribution < 1.29 is 14.4 Å². The molecule has 2 aromatic heterocycles. The summed E-state index contributed by atoms with van der Waals surface area (Å²) in [6, 6.07) is 13.3. The lowest BCUT2D eigenvalue weighted by Crippen LogP contribution is -2.25. The molecule has 1 amide bonds. The minimum absolute atomic E-state index is 0.119. The molecule has 1 atom stereocenters. The van der Waals surface area contributed by atoms with Crippen molar-refractivity contribution >= 4 is 35.2 Å². The average Bonchev–Trinajstić information content (AvgIpc) is 3.45. The molecule has 0 bridgehead atoms. The van der Waals surface area contributed by atoms with Crippen LogP contribution in [0, 0.1) is 6.92 Å². The van der Waals surface area contributed by atoms with Gasteiger partial charge in [-0.05, 0) is 51.6 Å². The third-order valence-electron chi connectivity index (χ3n) is 5.02. The Bertz CT molecular complexity index is 1050. The van der Waals surface area contributed by atoms with Crippen molar-refractivity contribution in [1.82, 2.24) is 19.7 Å². The summed E-state index contributed by atoms with van der Waals surface area (Å²) in [5.41, 5.74) is 7.17. The largest absolute Gasteiger partial charge is 0.373 e. The first-order valence-electron chi connectivity index (χ1n) is 11.4. The third-order valence-corrected chi connectivity index (χ3v) is 5.02. The molecule has 4 rings (SSSR count). The summed E-state index contributed by atoms with van der Waals surface area (Å²) >= 11 is 0. The second-order valence-corrected chi connectivity index (χ2v) is 7.32. The number of para-hydroxylation sites is 1. The average molecular weight is 469 g/mol. The SMILES string of the molecule is CC.CN1CCCC1C=O.CNc1cccc(C)n1.NC(=O)c1nn(CC=O)c2ccccc12. The summed E-state index contributed by atoms with van der Waals surface area (Å²) < 4.78 is 1.46. The van der Waals surface area contributed by atoms with E-state index in [1.807, 2.05) is 59.1 Å². The number of pyridine rings is 1. The molecule has 1 saturated heterocycles. The van der Waals surface area contributed by atoms with Gasteiger partial charge in [0.2, 0.25) is 0 Å². The number of likely N-dealkylation sites (N-methyl/N-ethyl adjacent to an activating group) is 1. The van der Waals surface area contributed by atoms with E-state index in [4.69, 9.17) is 5.73 Å². The second-order valence-electron chi connectivity index (χ2n) is 7.32. The number of rotatable bonds is 5. The number of nitrogens with one attached hydrogen (secondary N) is 1. The number of aldehydes is 2. The van der Waals surface area contributed by atoms with E-state index in [-0.39, 0.29) is 18.3 Å². The van der Waals surface area contributed by atoms with Gasteiger partial charge >= 0.3 is 0 Å². The van der Waals surface area contributed by atoms with Crippen molar-refractivity contribution in [2.75, 3.05) is 26.0 Å². The summed E-state index contributed by atoms with van der Waals surface area (Å²) in [6.45, 7) is 7.18. The maximum absolute atomic E-state index is 11.1. The summed E-state index contributed by atoms with van der Waals surface area (Å²) in [5.74, 6) is 0.339. The number of amides is 1. The van der Waals surface area contributed by atoms with E-state index < -0.39 is 5.91 Å². The number of fused-ring (bicyclic) bond motifs is 1. The molecular weight excluding hydrogens is 432 g/mol. The Morgan fingerprint density at radius 1 is 1.18 bits per heavy atom. The number of carbonyl (C=O) groups is 3. The summed E-state index contributed by atoms with van der Waals surface area (Å²) in [6.07, 6.45) is 4.00. The number of aromatic nitrogens is 3. The van der Waals surface area contributed by atoms with Crippen molar-refractivity contribution in [3.05, 3.63) is 53.9 Å². The fourth-order valence-electron chi connectivity index (χ4n) is 3.31. The van der Waals surface area contributed by atoms with Crippen LogP contribution in [0.25, 0.3) is 10.9 Å². The van der Waals surface area contributed by atoms with Crippen molar-refractivity contribution in [1.29, 1.82) is 0 Å². The lowest BCUT2D eigenvalue weighted by Gasteiger charge is -2.10. The predicted octanol–water partition coefficient (Wildman–Crippen LogP) is 3.07. The molecule has 1 unspecified atom stereocenters. The molecule has 9 heteroatoms. The Morgan fingerprint density at radius 2 is 1.88 bits per heavy atom. The third kappa shape index (κ3) is 8.40. The Morgan fingerprint density at radius 3 is 2.35 bits per heavy atom. The molecule has 3 heterocycles. The highest BCUT2D eigenvalue weighted by molar-refractivity contribution is 6.04. The van der Waals surface area contributed by atoms with Gasteiger partial charge in [-0.15, -0.1) is 0 Å². The zero-order valence-corrected chi connectivity index (χ0v) is 20.7. The number of primary amides is 1. The van der Waals surface area contributed by atoms with Gasteiger partial charge in [-0.1, -0.05) is 38.1 Å². The van der Waals surface area contributed by atoms with Gasteiger partial charge in [-0.25, -0.2) is 4.98 Å². The summed E-state index contributed by atoms with van der Waals surface area (Å²) in [5, 5.41) is 7.62. The van der Waals surface area contributed by atoms with Crippen molar-refractivity contribution in [2.45, 2.75) is 46.2 Å². The normalized spacial score (nSPS) is 14.4. The van der Waals surface area contributed by atoms with Crippen LogP contribution >= 0.6 is 0 Å². The summed E-state index contributed by atoms with van der Waals surface area (Å²) in [7, 11) is 3.86. The van der Waals surface area contributed by atoms with Crippen LogP contribution in [0.1, 0.15) is 42.9 Å². The smallest absolute Gasteiger partial charge is 0.269 e. The van der Waals surface area contributed by atoms with E-state index in [1.54, 1.807) is 18.2 Å². The Hall–Kier alpha value is -3.59. The lowest BCUT2D eigenvalue weighted by molar-refractivity contribution is -0.111. The van der Waals surface area contributed by atoms with Crippen LogP contribution in [0.2, 0.25) is 0 Å². The van der Waals surface area contributed by atoms with Gasteiger partial charge in [0.25, 0.3) is 5.91 Å². The van der Waals surface area contributed by atoms with Gasteiger partial charge < -0.3 is 20.6 Å².